The van der Waals surface area contributed by atoms with Gasteiger partial charge in [-0.25, -0.2) is 4.79 Å². The molecule has 2 unspecified atom stereocenters. The second kappa shape index (κ2) is 10.7. The highest BCUT2D eigenvalue weighted by atomic mass is 35.5. The zero-order valence-corrected chi connectivity index (χ0v) is 17.2. The number of urea groups is 1. The molecular weight excluding hydrogens is 392 g/mol. The standard InChI is InChI=1S/C21H26N4O3.ClH/c1-25(16-10-11-23-14-16)20(26)13-19(24-21(22)27)15-6-5-9-18(12-15)28-17-7-3-2-4-8-17;/h2-9,12,16,19,23H,10-11,13-14H2,1H3,(H3,22,24,27);1H. The number of halogens is 1. The van der Waals surface area contributed by atoms with Gasteiger partial charge in [0.25, 0.3) is 0 Å². The molecule has 156 valence electrons. The zero-order valence-electron chi connectivity index (χ0n) is 16.3. The van der Waals surface area contributed by atoms with Crippen LogP contribution in [0.25, 0.3) is 0 Å². The lowest BCUT2D eigenvalue weighted by Crippen LogP contribution is -2.41. The maximum Gasteiger partial charge on any atom is 0.312 e. The van der Waals surface area contributed by atoms with Crippen molar-refractivity contribution >= 4 is 24.3 Å². The van der Waals surface area contributed by atoms with Crippen LogP contribution in [0.5, 0.6) is 11.5 Å². The van der Waals surface area contributed by atoms with Crippen LogP contribution in [0.2, 0.25) is 0 Å². The molecule has 0 radical (unpaired) electrons. The number of nitrogens with one attached hydrogen (secondary N) is 2. The summed E-state index contributed by atoms with van der Waals surface area (Å²) in [5, 5.41) is 5.94. The number of carbonyl (C=O) groups is 2. The van der Waals surface area contributed by atoms with Crippen molar-refractivity contribution < 1.29 is 14.3 Å². The smallest absolute Gasteiger partial charge is 0.312 e. The Morgan fingerprint density at radius 1 is 1.21 bits per heavy atom. The first-order chi connectivity index (χ1) is 13.5. The van der Waals surface area contributed by atoms with E-state index in [0.29, 0.717) is 11.5 Å². The van der Waals surface area contributed by atoms with E-state index in [1.54, 1.807) is 11.9 Å². The van der Waals surface area contributed by atoms with E-state index in [9.17, 15) is 9.59 Å². The van der Waals surface area contributed by atoms with Gasteiger partial charge in [0.1, 0.15) is 11.5 Å². The summed E-state index contributed by atoms with van der Waals surface area (Å²) in [6.07, 6.45) is 1.06. The number of benzene rings is 2. The fourth-order valence-corrected chi connectivity index (χ4v) is 3.34. The summed E-state index contributed by atoms with van der Waals surface area (Å²) in [7, 11) is 1.80. The van der Waals surface area contributed by atoms with Gasteiger partial charge in [0, 0.05) is 19.6 Å². The number of hydrogen-bond donors (Lipinski definition) is 3. The van der Waals surface area contributed by atoms with Gasteiger partial charge in [-0.05, 0) is 42.8 Å². The highest BCUT2D eigenvalue weighted by Crippen LogP contribution is 2.26. The number of carbonyl (C=O) groups excluding carboxylic acids is 2. The highest BCUT2D eigenvalue weighted by molar-refractivity contribution is 5.85. The second-order valence-electron chi connectivity index (χ2n) is 6.90. The lowest BCUT2D eigenvalue weighted by molar-refractivity contribution is -0.132. The van der Waals surface area contributed by atoms with Gasteiger partial charge < -0.3 is 26.0 Å². The van der Waals surface area contributed by atoms with Crippen LogP contribution in [0, 0.1) is 0 Å². The Hall–Kier alpha value is -2.77. The highest BCUT2D eigenvalue weighted by Gasteiger charge is 2.26. The van der Waals surface area contributed by atoms with E-state index in [4.69, 9.17) is 10.5 Å². The summed E-state index contributed by atoms with van der Waals surface area (Å²) < 4.78 is 5.86. The van der Waals surface area contributed by atoms with Crippen LogP contribution in [0.15, 0.2) is 54.6 Å². The molecule has 1 aliphatic heterocycles. The molecule has 3 rings (SSSR count). The normalized spacial score (nSPS) is 16.4. The molecule has 1 aliphatic rings. The second-order valence-corrected chi connectivity index (χ2v) is 6.90. The fraction of sp³-hybridized carbons (Fsp3) is 0.333. The molecule has 7 nitrogen and oxygen atoms in total. The van der Waals surface area contributed by atoms with E-state index in [1.807, 2.05) is 54.6 Å². The van der Waals surface area contributed by atoms with Crippen molar-refractivity contribution in [3.8, 4) is 11.5 Å². The molecule has 1 heterocycles. The van der Waals surface area contributed by atoms with E-state index in [-0.39, 0.29) is 30.8 Å². The Morgan fingerprint density at radius 3 is 2.59 bits per heavy atom. The largest absolute Gasteiger partial charge is 0.457 e. The number of likely N-dealkylation sites (N-methyl/N-ethyl adjacent to an activating group) is 1. The van der Waals surface area contributed by atoms with E-state index in [1.165, 1.54) is 0 Å². The number of primary amides is 1. The van der Waals surface area contributed by atoms with Gasteiger partial charge in [-0.15, -0.1) is 12.4 Å². The van der Waals surface area contributed by atoms with E-state index in [2.05, 4.69) is 10.6 Å². The molecule has 8 heteroatoms. The maximum absolute atomic E-state index is 12.7. The van der Waals surface area contributed by atoms with Crippen LogP contribution in [0.3, 0.4) is 0 Å². The molecule has 0 aromatic heterocycles. The molecule has 2 atom stereocenters. The van der Waals surface area contributed by atoms with Crippen molar-refractivity contribution in [2.75, 3.05) is 20.1 Å². The quantitative estimate of drug-likeness (QED) is 0.644. The number of amides is 3. The van der Waals surface area contributed by atoms with Gasteiger partial charge in [-0.2, -0.15) is 0 Å². The van der Waals surface area contributed by atoms with Crippen molar-refractivity contribution in [2.45, 2.75) is 24.9 Å². The van der Waals surface area contributed by atoms with Crippen molar-refractivity contribution in [1.29, 1.82) is 0 Å². The average molecular weight is 419 g/mol. The van der Waals surface area contributed by atoms with Crippen LogP contribution in [-0.2, 0) is 4.79 Å². The molecule has 2 aromatic carbocycles. The van der Waals surface area contributed by atoms with E-state index < -0.39 is 12.1 Å². The predicted octanol–water partition coefficient (Wildman–Crippen LogP) is 2.82. The molecule has 0 spiro atoms. The lowest BCUT2D eigenvalue weighted by Gasteiger charge is -2.26. The Balaban J connectivity index is 0.00000300. The fourth-order valence-electron chi connectivity index (χ4n) is 3.34. The molecule has 29 heavy (non-hydrogen) atoms. The van der Waals surface area contributed by atoms with E-state index in [0.717, 1.165) is 25.1 Å². The third kappa shape index (κ3) is 6.37. The first-order valence-corrected chi connectivity index (χ1v) is 9.38. The summed E-state index contributed by atoms with van der Waals surface area (Å²) in [5.74, 6) is 1.30. The van der Waals surface area contributed by atoms with Crippen LogP contribution in [0.4, 0.5) is 4.79 Å². The lowest BCUT2D eigenvalue weighted by atomic mass is 10.0. The minimum atomic E-state index is -0.669. The predicted molar refractivity (Wildman–Crippen MR) is 114 cm³/mol. The molecule has 0 saturated carbocycles. The van der Waals surface area contributed by atoms with Crippen LogP contribution in [0.1, 0.15) is 24.4 Å². The Morgan fingerprint density at radius 2 is 1.93 bits per heavy atom. The Labute approximate surface area is 177 Å². The van der Waals surface area contributed by atoms with Crippen molar-refractivity contribution in [2.24, 2.45) is 5.73 Å². The number of nitrogens with zero attached hydrogens (tertiary/aromatic N) is 1. The molecule has 3 amide bonds. The molecule has 0 aliphatic carbocycles. The van der Waals surface area contributed by atoms with Gasteiger partial charge >= 0.3 is 6.03 Å². The third-order valence-electron chi connectivity index (χ3n) is 4.91. The topological polar surface area (TPSA) is 96.7 Å². The molecule has 1 saturated heterocycles. The van der Waals surface area contributed by atoms with Crippen molar-refractivity contribution in [3.63, 3.8) is 0 Å². The zero-order chi connectivity index (χ0) is 19.9. The Kier molecular flexibility index (Phi) is 8.30. The summed E-state index contributed by atoms with van der Waals surface area (Å²) >= 11 is 0. The minimum absolute atomic E-state index is 0. The Bertz CT molecular complexity index is 813. The SMILES string of the molecule is CN(C(=O)CC(NC(N)=O)c1cccc(Oc2ccccc2)c1)C1CCNC1.Cl. The number of nitrogens with two attached hydrogens (primary N) is 1. The van der Waals surface area contributed by atoms with Gasteiger partial charge in [-0.3, -0.25) is 4.79 Å². The molecule has 1 fully saturated rings. The van der Waals surface area contributed by atoms with Gasteiger partial charge in [0.05, 0.1) is 12.5 Å². The van der Waals surface area contributed by atoms with Gasteiger partial charge in [0.15, 0.2) is 0 Å². The number of para-hydroxylation sites is 1. The minimum Gasteiger partial charge on any atom is -0.457 e. The number of rotatable bonds is 7. The summed E-state index contributed by atoms with van der Waals surface area (Å²) in [4.78, 5) is 26.0. The number of ether oxygens (including phenoxy) is 1. The summed E-state index contributed by atoms with van der Waals surface area (Å²) in [6.45, 7) is 1.70. The molecule has 0 bridgehead atoms. The number of hydrogen-bond acceptors (Lipinski definition) is 4. The summed E-state index contributed by atoms with van der Waals surface area (Å²) in [6, 6.07) is 15.7. The van der Waals surface area contributed by atoms with Gasteiger partial charge in [0.2, 0.25) is 5.91 Å². The van der Waals surface area contributed by atoms with Crippen molar-refractivity contribution in [1.82, 2.24) is 15.5 Å². The van der Waals surface area contributed by atoms with Crippen LogP contribution < -0.4 is 21.1 Å². The monoisotopic (exact) mass is 418 g/mol. The first-order valence-electron chi connectivity index (χ1n) is 9.38. The van der Waals surface area contributed by atoms with Crippen LogP contribution >= 0.6 is 12.4 Å². The van der Waals surface area contributed by atoms with E-state index >= 15 is 0 Å². The third-order valence-corrected chi connectivity index (χ3v) is 4.91. The molecular formula is C21H27ClN4O3. The average Bonchev–Trinajstić information content (AvgIpc) is 3.22. The molecule has 2 aromatic rings. The van der Waals surface area contributed by atoms with Gasteiger partial charge in [-0.1, -0.05) is 30.3 Å². The maximum atomic E-state index is 12.7. The first kappa shape index (κ1) is 22.5. The summed E-state index contributed by atoms with van der Waals surface area (Å²) in [5.41, 5.74) is 6.11. The molecule has 4 N–H and O–H groups in total. The van der Waals surface area contributed by atoms with Crippen molar-refractivity contribution in [3.05, 3.63) is 60.2 Å². The van der Waals surface area contributed by atoms with Crippen LogP contribution in [-0.4, -0.2) is 43.0 Å².